The van der Waals surface area contributed by atoms with Crippen molar-refractivity contribution in [3.8, 4) is 11.1 Å². The second-order valence-electron chi connectivity index (χ2n) is 8.15. The first-order valence-electron chi connectivity index (χ1n) is 11.0. The SMILES string of the molecule is CC(c1ccc(Cl)cc1)C(CNC(=O)c1ccc(-c2ccccc2)cc1)c1ccc(Cl)cc1. The number of hydrogen-bond acceptors (Lipinski definition) is 1. The first kappa shape index (κ1) is 23.1. The van der Waals surface area contributed by atoms with Crippen LogP contribution in [0.5, 0.6) is 0 Å². The van der Waals surface area contributed by atoms with Crippen LogP contribution in [0.2, 0.25) is 10.0 Å². The summed E-state index contributed by atoms with van der Waals surface area (Å²) >= 11 is 12.2. The number of nitrogens with one attached hydrogen (secondary N) is 1. The Hall–Kier alpha value is -3.07. The topological polar surface area (TPSA) is 29.1 Å². The van der Waals surface area contributed by atoms with E-state index >= 15 is 0 Å². The number of carbonyl (C=O) groups excluding carboxylic acids is 1. The highest BCUT2D eigenvalue weighted by atomic mass is 35.5. The molecule has 0 spiro atoms. The van der Waals surface area contributed by atoms with Gasteiger partial charge in [0.2, 0.25) is 0 Å². The quantitative estimate of drug-likeness (QED) is 0.289. The molecule has 0 heterocycles. The highest BCUT2D eigenvalue weighted by Gasteiger charge is 2.22. The van der Waals surface area contributed by atoms with Crippen LogP contribution in [0.3, 0.4) is 0 Å². The highest BCUT2D eigenvalue weighted by Crippen LogP contribution is 2.33. The number of amides is 1. The standard InChI is InChI=1S/C29H25Cl2NO/c1-20(21-11-15-26(30)16-12-21)28(24-13-17-27(31)18-14-24)19-32-29(33)25-9-7-23(8-10-25)22-5-3-2-4-6-22/h2-18,20,28H,19H2,1H3,(H,32,33). The van der Waals surface area contributed by atoms with E-state index in [0.29, 0.717) is 22.2 Å². The average molecular weight is 474 g/mol. The Morgan fingerprint density at radius 3 is 1.79 bits per heavy atom. The summed E-state index contributed by atoms with van der Waals surface area (Å²) in [5.74, 6) is 0.164. The van der Waals surface area contributed by atoms with Gasteiger partial charge in [-0.05, 0) is 64.6 Å². The molecule has 1 amide bonds. The van der Waals surface area contributed by atoms with Gasteiger partial charge < -0.3 is 5.32 Å². The minimum absolute atomic E-state index is 0.0796. The molecule has 4 aromatic rings. The number of carbonyl (C=O) groups is 1. The van der Waals surface area contributed by atoms with Crippen LogP contribution in [0.25, 0.3) is 11.1 Å². The summed E-state index contributed by atoms with van der Waals surface area (Å²) in [6.07, 6.45) is 0. The molecule has 2 nitrogen and oxygen atoms in total. The molecule has 0 fully saturated rings. The third kappa shape index (κ3) is 5.84. The van der Waals surface area contributed by atoms with Crippen LogP contribution in [-0.2, 0) is 0 Å². The summed E-state index contributed by atoms with van der Waals surface area (Å²) in [5.41, 5.74) is 5.15. The Bertz CT molecular complexity index is 1190. The molecule has 0 radical (unpaired) electrons. The van der Waals surface area contributed by atoms with Crippen molar-refractivity contribution in [2.45, 2.75) is 18.8 Å². The summed E-state index contributed by atoms with van der Waals surface area (Å²) < 4.78 is 0. The first-order chi connectivity index (χ1) is 16.0. The lowest BCUT2D eigenvalue weighted by Gasteiger charge is -2.25. The summed E-state index contributed by atoms with van der Waals surface area (Å²) in [6, 6.07) is 33.6. The van der Waals surface area contributed by atoms with Gasteiger partial charge in [-0.3, -0.25) is 4.79 Å². The number of rotatable bonds is 7. The van der Waals surface area contributed by atoms with Crippen LogP contribution < -0.4 is 5.32 Å². The van der Waals surface area contributed by atoms with E-state index in [-0.39, 0.29) is 17.7 Å². The van der Waals surface area contributed by atoms with Crippen LogP contribution in [0.4, 0.5) is 0 Å². The second kappa shape index (κ2) is 10.7. The molecule has 0 saturated heterocycles. The second-order valence-corrected chi connectivity index (χ2v) is 9.02. The van der Waals surface area contributed by atoms with E-state index in [0.717, 1.165) is 16.7 Å². The zero-order chi connectivity index (χ0) is 23.2. The van der Waals surface area contributed by atoms with Gasteiger partial charge in [-0.1, -0.05) is 96.9 Å². The highest BCUT2D eigenvalue weighted by molar-refractivity contribution is 6.30. The maximum atomic E-state index is 12.9. The molecule has 2 atom stereocenters. The van der Waals surface area contributed by atoms with Gasteiger partial charge in [0.25, 0.3) is 5.91 Å². The maximum Gasteiger partial charge on any atom is 0.251 e. The fourth-order valence-electron chi connectivity index (χ4n) is 4.04. The molecule has 4 rings (SSSR count). The predicted octanol–water partition coefficient (Wildman–Crippen LogP) is 7.98. The Morgan fingerprint density at radius 2 is 1.21 bits per heavy atom. The van der Waals surface area contributed by atoms with Crippen LogP contribution >= 0.6 is 23.2 Å². The molecule has 4 heteroatoms. The minimum atomic E-state index is -0.0862. The van der Waals surface area contributed by atoms with E-state index in [1.807, 2.05) is 91.0 Å². The van der Waals surface area contributed by atoms with E-state index in [4.69, 9.17) is 23.2 Å². The van der Waals surface area contributed by atoms with Gasteiger partial charge in [-0.25, -0.2) is 0 Å². The smallest absolute Gasteiger partial charge is 0.251 e. The Kier molecular flexibility index (Phi) is 7.49. The van der Waals surface area contributed by atoms with Crippen LogP contribution in [0.15, 0.2) is 103 Å². The lowest BCUT2D eigenvalue weighted by atomic mass is 9.82. The van der Waals surface area contributed by atoms with E-state index in [1.165, 1.54) is 5.56 Å². The van der Waals surface area contributed by atoms with Crippen molar-refractivity contribution in [2.75, 3.05) is 6.54 Å². The molecule has 33 heavy (non-hydrogen) atoms. The lowest BCUT2D eigenvalue weighted by Crippen LogP contribution is -2.30. The summed E-state index contributed by atoms with van der Waals surface area (Å²) in [5, 5.41) is 4.54. The fraction of sp³-hybridized carbons (Fsp3) is 0.138. The molecule has 0 saturated carbocycles. The van der Waals surface area contributed by atoms with Gasteiger partial charge >= 0.3 is 0 Å². The van der Waals surface area contributed by atoms with Crippen molar-refractivity contribution in [1.29, 1.82) is 0 Å². The fourth-order valence-corrected chi connectivity index (χ4v) is 4.29. The molecule has 0 bridgehead atoms. The zero-order valence-electron chi connectivity index (χ0n) is 18.3. The van der Waals surface area contributed by atoms with E-state index in [2.05, 4.69) is 24.4 Å². The van der Waals surface area contributed by atoms with Gasteiger partial charge in [0.05, 0.1) is 0 Å². The minimum Gasteiger partial charge on any atom is -0.351 e. The molecule has 0 aromatic heterocycles. The number of hydrogen-bond donors (Lipinski definition) is 1. The lowest BCUT2D eigenvalue weighted by molar-refractivity contribution is 0.0950. The van der Waals surface area contributed by atoms with Crippen molar-refractivity contribution in [1.82, 2.24) is 5.32 Å². The number of benzene rings is 4. The maximum absolute atomic E-state index is 12.9. The zero-order valence-corrected chi connectivity index (χ0v) is 19.9. The molecule has 0 aliphatic rings. The van der Waals surface area contributed by atoms with Gasteiger partial charge in [0, 0.05) is 28.1 Å². The predicted molar refractivity (Wildman–Crippen MR) is 138 cm³/mol. The van der Waals surface area contributed by atoms with Crippen molar-refractivity contribution in [3.63, 3.8) is 0 Å². The van der Waals surface area contributed by atoms with Crippen molar-refractivity contribution in [2.24, 2.45) is 0 Å². The van der Waals surface area contributed by atoms with E-state index in [1.54, 1.807) is 0 Å². The van der Waals surface area contributed by atoms with E-state index in [9.17, 15) is 4.79 Å². The molecular formula is C29H25Cl2NO. The Labute approximate surface area is 205 Å². The first-order valence-corrected chi connectivity index (χ1v) is 11.7. The molecule has 0 aliphatic heterocycles. The van der Waals surface area contributed by atoms with Crippen molar-refractivity contribution >= 4 is 29.1 Å². The summed E-state index contributed by atoms with van der Waals surface area (Å²) in [4.78, 5) is 12.9. The molecule has 4 aromatic carbocycles. The molecule has 1 N–H and O–H groups in total. The van der Waals surface area contributed by atoms with Gasteiger partial charge in [0.1, 0.15) is 0 Å². The third-order valence-electron chi connectivity index (χ3n) is 6.03. The van der Waals surface area contributed by atoms with E-state index < -0.39 is 0 Å². The molecule has 0 aliphatic carbocycles. The van der Waals surface area contributed by atoms with Gasteiger partial charge in [0.15, 0.2) is 0 Å². The Balaban J connectivity index is 1.50. The Morgan fingerprint density at radius 1 is 0.697 bits per heavy atom. The van der Waals surface area contributed by atoms with Crippen LogP contribution in [0.1, 0.15) is 40.2 Å². The molecular weight excluding hydrogens is 449 g/mol. The van der Waals surface area contributed by atoms with Crippen LogP contribution in [-0.4, -0.2) is 12.5 Å². The third-order valence-corrected chi connectivity index (χ3v) is 6.54. The summed E-state index contributed by atoms with van der Waals surface area (Å²) in [6.45, 7) is 2.67. The molecule has 2 unspecified atom stereocenters. The number of halogens is 2. The molecule has 166 valence electrons. The average Bonchev–Trinajstić information content (AvgIpc) is 2.86. The van der Waals surface area contributed by atoms with Crippen molar-refractivity contribution in [3.05, 3.63) is 130 Å². The van der Waals surface area contributed by atoms with Crippen molar-refractivity contribution < 1.29 is 4.79 Å². The summed E-state index contributed by atoms with van der Waals surface area (Å²) in [7, 11) is 0. The van der Waals surface area contributed by atoms with Gasteiger partial charge in [-0.2, -0.15) is 0 Å². The van der Waals surface area contributed by atoms with Gasteiger partial charge in [-0.15, -0.1) is 0 Å². The monoisotopic (exact) mass is 473 g/mol. The van der Waals surface area contributed by atoms with Crippen LogP contribution in [0, 0.1) is 0 Å². The normalized spacial score (nSPS) is 12.7. The largest absolute Gasteiger partial charge is 0.351 e.